The number of carbonyl (C=O) groups is 1. The van der Waals surface area contributed by atoms with E-state index < -0.39 is 22.7 Å². The number of methoxy groups -OCH3 is 1. The van der Waals surface area contributed by atoms with Crippen LogP contribution in [0.25, 0.3) is 0 Å². The van der Waals surface area contributed by atoms with E-state index >= 15 is 0 Å². The molecule has 0 spiro atoms. The maximum Gasteiger partial charge on any atom is 0.247 e. The molecule has 14 heteroatoms. The predicted molar refractivity (Wildman–Crippen MR) is 174 cm³/mol. The normalized spacial score (nSPS) is 22.9. The van der Waals surface area contributed by atoms with Gasteiger partial charge in [-0.3, -0.25) is 14.5 Å². The molecule has 47 heavy (non-hydrogen) atoms. The van der Waals surface area contributed by atoms with Gasteiger partial charge in [-0.1, -0.05) is 24.2 Å². The van der Waals surface area contributed by atoms with Crippen LogP contribution in [0.3, 0.4) is 0 Å². The number of nitrogens with one attached hydrogen (secondary N) is 2. The molecule has 0 unspecified atom stereocenters. The van der Waals surface area contributed by atoms with Crippen LogP contribution in [0.1, 0.15) is 37.3 Å². The first-order valence-corrected chi connectivity index (χ1v) is 16.1. The minimum absolute atomic E-state index is 0.201. The second kappa shape index (κ2) is 13.2. The molecule has 0 aliphatic carbocycles. The van der Waals surface area contributed by atoms with Crippen molar-refractivity contribution in [1.82, 2.24) is 14.9 Å². The largest absolute Gasteiger partial charge is 0.494 e. The Morgan fingerprint density at radius 1 is 1.13 bits per heavy atom. The fourth-order valence-corrected chi connectivity index (χ4v) is 7.32. The zero-order chi connectivity index (χ0) is 32.7. The summed E-state index contributed by atoms with van der Waals surface area (Å²) in [5.41, 5.74) is 2.21. The lowest BCUT2D eigenvalue weighted by atomic mass is 10.0. The van der Waals surface area contributed by atoms with E-state index in [1.807, 2.05) is 12.1 Å². The molecule has 2 bridgehead atoms. The fourth-order valence-electron chi connectivity index (χ4n) is 7.15. The van der Waals surface area contributed by atoms with E-state index in [0.717, 1.165) is 57.3 Å². The zero-order valence-corrected chi connectivity index (χ0v) is 26.7. The summed E-state index contributed by atoms with van der Waals surface area (Å²) in [5.74, 6) is -0.684. The van der Waals surface area contributed by atoms with Crippen LogP contribution in [-0.4, -0.2) is 78.9 Å². The fraction of sp³-hybridized carbons (Fsp3) is 0.424. The Balaban J connectivity index is 1.12. The Morgan fingerprint density at radius 2 is 1.96 bits per heavy atom. The summed E-state index contributed by atoms with van der Waals surface area (Å²) in [4.78, 5) is 32.0. The van der Waals surface area contributed by atoms with Gasteiger partial charge in [-0.25, -0.2) is 23.8 Å². The Bertz CT molecular complexity index is 1670. The number of likely N-dealkylation sites (tertiary alicyclic amines) is 1. The molecule has 2 N–H and O–H groups in total. The quantitative estimate of drug-likeness (QED) is 0.221. The summed E-state index contributed by atoms with van der Waals surface area (Å²) in [7, 11) is 1.58. The summed E-state index contributed by atoms with van der Waals surface area (Å²) >= 11 is 5.86. The van der Waals surface area contributed by atoms with Crippen molar-refractivity contribution in [3.8, 4) is 5.75 Å². The highest BCUT2D eigenvalue weighted by Gasteiger charge is 2.43. The van der Waals surface area contributed by atoms with Crippen molar-refractivity contribution >= 4 is 46.2 Å². The van der Waals surface area contributed by atoms with Gasteiger partial charge in [0.2, 0.25) is 5.91 Å². The van der Waals surface area contributed by atoms with Crippen molar-refractivity contribution in [2.75, 3.05) is 60.6 Å². The minimum Gasteiger partial charge on any atom is -0.494 e. The standard InChI is InChI=1S/C33H36ClF2N7O4/c1-3-31(44)40-24-13-25(28(45-2)14-27(24)41-9-6-19(7-10-41)42-16-21-12-20(42)17-46-21)39-29-15-30(38-18-37-29)43-26(8-11-47-43)22-4-5-23(35)32(34)33(22)36/h3-5,13-15,18-21,26H,1,6-12,16-17H2,2H3,(H,40,44)(H,37,38,39)/t20-,21-,26-/m1/s1. The van der Waals surface area contributed by atoms with E-state index in [-0.39, 0.29) is 11.5 Å². The lowest BCUT2D eigenvalue weighted by molar-refractivity contribution is -0.111. The third kappa shape index (κ3) is 6.20. The van der Waals surface area contributed by atoms with E-state index in [2.05, 4.69) is 37.0 Å². The summed E-state index contributed by atoms with van der Waals surface area (Å²) < 4.78 is 40.4. The first-order chi connectivity index (χ1) is 22.8. The number of morpholine rings is 1. The average molecular weight is 668 g/mol. The number of anilines is 5. The number of nitrogens with zero attached hydrogens (tertiary/aromatic N) is 5. The van der Waals surface area contributed by atoms with Gasteiger partial charge in [-0.15, -0.1) is 0 Å². The van der Waals surface area contributed by atoms with Gasteiger partial charge in [0.15, 0.2) is 5.82 Å². The van der Waals surface area contributed by atoms with Crippen molar-refractivity contribution in [1.29, 1.82) is 0 Å². The van der Waals surface area contributed by atoms with E-state index in [1.54, 1.807) is 13.2 Å². The van der Waals surface area contributed by atoms with Gasteiger partial charge in [0.25, 0.3) is 0 Å². The molecule has 4 saturated heterocycles. The molecule has 3 atom stereocenters. The average Bonchev–Trinajstić information content (AvgIpc) is 3.86. The second-order valence-electron chi connectivity index (χ2n) is 12.1. The Morgan fingerprint density at radius 3 is 2.68 bits per heavy atom. The van der Waals surface area contributed by atoms with Crippen molar-refractivity contribution in [2.24, 2.45) is 0 Å². The minimum atomic E-state index is -0.833. The van der Waals surface area contributed by atoms with Crippen LogP contribution < -0.4 is 25.3 Å². The third-order valence-electron chi connectivity index (χ3n) is 9.45. The first-order valence-electron chi connectivity index (χ1n) is 15.7. The Hall–Kier alpha value is -4.04. The smallest absolute Gasteiger partial charge is 0.247 e. The summed E-state index contributed by atoms with van der Waals surface area (Å²) in [5, 5.41) is 7.14. The number of aromatic nitrogens is 2. The molecule has 7 rings (SSSR count). The van der Waals surface area contributed by atoms with Gasteiger partial charge < -0.3 is 25.0 Å². The molecule has 1 amide bonds. The van der Waals surface area contributed by atoms with Gasteiger partial charge in [-0.05, 0) is 37.5 Å². The number of rotatable bonds is 9. The van der Waals surface area contributed by atoms with E-state index in [0.29, 0.717) is 60.0 Å². The van der Waals surface area contributed by atoms with Gasteiger partial charge in [-0.2, -0.15) is 0 Å². The summed E-state index contributed by atoms with van der Waals surface area (Å²) in [6.07, 6.45) is 6.56. The van der Waals surface area contributed by atoms with Crippen molar-refractivity contribution in [3.05, 3.63) is 71.5 Å². The molecule has 1 aromatic heterocycles. The second-order valence-corrected chi connectivity index (χ2v) is 12.5. The lowest BCUT2D eigenvalue weighted by Gasteiger charge is -2.41. The van der Waals surface area contributed by atoms with E-state index in [1.165, 1.54) is 23.5 Å². The maximum atomic E-state index is 14.9. The van der Waals surface area contributed by atoms with Crippen molar-refractivity contribution in [3.63, 3.8) is 0 Å². The Labute approximate surface area is 276 Å². The lowest BCUT2D eigenvalue weighted by Crippen LogP contribution is -2.49. The van der Waals surface area contributed by atoms with Gasteiger partial charge in [0, 0.05) is 55.8 Å². The van der Waals surface area contributed by atoms with E-state index in [4.69, 9.17) is 25.9 Å². The zero-order valence-electron chi connectivity index (χ0n) is 25.9. The number of hydrogen-bond acceptors (Lipinski definition) is 10. The van der Waals surface area contributed by atoms with Crippen LogP contribution in [0.15, 0.2) is 49.3 Å². The molecular weight excluding hydrogens is 632 g/mol. The monoisotopic (exact) mass is 667 g/mol. The number of piperidine rings is 1. The van der Waals surface area contributed by atoms with Crippen LogP contribution in [0, 0.1) is 11.6 Å². The van der Waals surface area contributed by atoms with Gasteiger partial charge in [0.05, 0.1) is 49.5 Å². The molecular formula is C33H36ClF2N7O4. The SMILES string of the molecule is C=CC(=O)Nc1cc(Nc2cc(N3OCC[C@@H]3c3ccc(F)c(Cl)c3F)ncn2)c(OC)cc1N1CCC(N2C[C@H]3C[C@@H]2CO3)CC1. The van der Waals surface area contributed by atoms with Crippen LogP contribution in [0.4, 0.5) is 37.5 Å². The van der Waals surface area contributed by atoms with E-state index in [9.17, 15) is 13.6 Å². The Kier molecular flexibility index (Phi) is 8.88. The molecule has 248 valence electrons. The molecule has 4 aliphatic rings. The van der Waals surface area contributed by atoms with Crippen LogP contribution in [0.2, 0.25) is 5.02 Å². The highest BCUT2D eigenvalue weighted by atomic mass is 35.5. The van der Waals surface area contributed by atoms with Crippen molar-refractivity contribution in [2.45, 2.75) is 49.9 Å². The topological polar surface area (TPSA) is 104 Å². The predicted octanol–water partition coefficient (Wildman–Crippen LogP) is 5.61. The number of halogens is 3. The van der Waals surface area contributed by atoms with Crippen LogP contribution >= 0.6 is 11.6 Å². The summed E-state index contributed by atoms with van der Waals surface area (Å²) in [6.45, 7) is 7.43. The number of fused-ring (bicyclic) bond motifs is 2. The molecule has 0 saturated carbocycles. The number of hydrogen-bond donors (Lipinski definition) is 2. The molecule has 11 nitrogen and oxygen atoms in total. The van der Waals surface area contributed by atoms with Crippen LogP contribution in [0.5, 0.6) is 5.75 Å². The molecule has 4 aliphatic heterocycles. The molecule has 2 aromatic carbocycles. The number of ether oxygens (including phenoxy) is 2. The number of benzene rings is 2. The highest BCUT2D eigenvalue weighted by molar-refractivity contribution is 6.31. The first kappa shape index (κ1) is 31.6. The molecule has 0 radical (unpaired) electrons. The third-order valence-corrected chi connectivity index (χ3v) is 9.79. The van der Waals surface area contributed by atoms with Crippen molar-refractivity contribution < 1.29 is 27.9 Å². The molecule has 5 heterocycles. The maximum absolute atomic E-state index is 14.9. The summed E-state index contributed by atoms with van der Waals surface area (Å²) in [6, 6.07) is 8.33. The molecule has 3 aromatic rings. The number of amides is 1. The number of carbonyl (C=O) groups excluding carboxylic acids is 1. The van der Waals surface area contributed by atoms with Gasteiger partial charge in [0.1, 0.15) is 34.6 Å². The van der Waals surface area contributed by atoms with Gasteiger partial charge >= 0.3 is 0 Å². The molecule has 4 fully saturated rings. The highest BCUT2D eigenvalue weighted by Crippen LogP contribution is 2.42. The van der Waals surface area contributed by atoms with Crippen LogP contribution in [-0.2, 0) is 14.4 Å². The number of hydroxylamine groups is 1.